The Bertz CT molecular complexity index is 527. The Hall–Kier alpha value is -0.920. The predicted octanol–water partition coefficient (Wildman–Crippen LogP) is 1.88. The number of nitrogens with one attached hydrogen (secondary N) is 1. The van der Waals surface area contributed by atoms with E-state index in [2.05, 4.69) is 33.3 Å². The summed E-state index contributed by atoms with van der Waals surface area (Å²) in [5.41, 5.74) is 0.790. The molecule has 1 aliphatic heterocycles. The fourth-order valence-corrected chi connectivity index (χ4v) is 2.72. The third-order valence-electron chi connectivity index (χ3n) is 3.90. The average molecular weight is 360 g/mol. The molecular formula is C14H22BrN3O3. The Kier molecular flexibility index (Phi) is 5.78. The van der Waals surface area contributed by atoms with Crippen LogP contribution in [0.25, 0.3) is 0 Å². The molecule has 1 fully saturated rings. The maximum atomic E-state index is 12.2. The Morgan fingerprint density at radius 3 is 2.90 bits per heavy atom. The second-order valence-electron chi connectivity index (χ2n) is 5.67. The van der Waals surface area contributed by atoms with Crippen LogP contribution in [0.4, 0.5) is 5.69 Å². The van der Waals surface area contributed by atoms with Gasteiger partial charge in [0.1, 0.15) is 4.47 Å². The molecule has 1 aromatic heterocycles. The van der Waals surface area contributed by atoms with Crippen molar-refractivity contribution in [3.05, 3.63) is 21.0 Å². The number of rotatable bonds is 6. The Morgan fingerprint density at radius 1 is 1.52 bits per heavy atom. The van der Waals surface area contributed by atoms with Gasteiger partial charge in [0, 0.05) is 26.9 Å². The van der Waals surface area contributed by atoms with Crippen LogP contribution in [0, 0.1) is 5.41 Å². The van der Waals surface area contributed by atoms with Crippen molar-refractivity contribution in [3.8, 4) is 0 Å². The van der Waals surface area contributed by atoms with E-state index in [9.17, 15) is 4.79 Å². The standard InChI is InChI=1S/C14H22BrN3O3/c1-14(3-6-21-7-4-14)10-16-11-9-17-18(5-8-20-2)13(19)12(11)15/h9,16H,3-8,10H2,1-2H3. The van der Waals surface area contributed by atoms with Crippen LogP contribution in [0.3, 0.4) is 0 Å². The first-order valence-corrected chi connectivity index (χ1v) is 7.91. The van der Waals surface area contributed by atoms with Gasteiger partial charge < -0.3 is 14.8 Å². The van der Waals surface area contributed by atoms with Gasteiger partial charge in [0.15, 0.2) is 0 Å². The largest absolute Gasteiger partial charge is 0.383 e. The first-order chi connectivity index (χ1) is 10.1. The van der Waals surface area contributed by atoms with E-state index in [0.29, 0.717) is 17.6 Å². The molecule has 0 amide bonds. The molecule has 6 nitrogen and oxygen atoms in total. The van der Waals surface area contributed by atoms with Gasteiger partial charge in [0.05, 0.1) is 25.0 Å². The average Bonchev–Trinajstić information content (AvgIpc) is 2.48. The zero-order valence-electron chi connectivity index (χ0n) is 12.5. The first kappa shape index (κ1) is 16.5. The molecule has 1 N–H and O–H groups in total. The smallest absolute Gasteiger partial charge is 0.283 e. The topological polar surface area (TPSA) is 65.4 Å². The molecule has 0 aromatic carbocycles. The van der Waals surface area contributed by atoms with Gasteiger partial charge >= 0.3 is 0 Å². The van der Waals surface area contributed by atoms with Gasteiger partial charge in [0.2, 0.25) is 0 Å². The van der Waals surface area contributed by atoms with Crippen LogP contribution in [-0.4, -0.2) is 43.3 Å². The maximum Gasteiger partial charge on any atom is 0.283 e. The van der Waals surface area contributed by atoms with Crippen molar-refractivity contribution in [3.63, 3.8) is 0 Å². The Labute approximate surface area is 132 Å². The minimum absolute atomic E-state index is 0.144. The Morgan fingerprint density at radius 2 is 2.24 bits per heavy atom. The third-order valence-corrected chi connectivity index (χ3v) is 4.66. The molecule has 1 aromatic rings. The van der Waals surface area contributed by atoms with Gasteiger partial charge in [-0.15, -0.1) is 0 Å². The molecule has 0 radical (unpaired) electrons. The highest BCUT2D eigenvalue weighted by atomic mass is 79.9. The summed E-state index contributed by atoms with van der Waals surface area (Å²) in [6, 6.07) is 0. The van der Waals surface area contributed by atoms with Crippen molar-refractivity contribution in [2.24, 2.45) is 5.41 Å². The fourth-order valence-electron chi connectivity index (χ4n) is 2.27. The van der Waals surface area contributed by atoms with Crippen LogP contribution in [0.15, 0.2) is 15.5 Å². The molecule has 0 spiro atoms. The summed E-state index contributed by atoms with van der Waals surface area (Å²) in [6.07, 6.45) is 3.73. The van der Waals surface area contributed by atoms with Crippen LogP contribution in [0.2, 0.25) is 0 Å². The molecule has 7 heteroatoms. The summed E-state index contributed by atoms with van der Waals surface area (Å²) in [6.45, 7) is 5.56. The summed E-state index contributed by atoms with van der Waals surface area (Å²) in [5.74, 6) is 0. The normalized spacial score (nSPS) is 17.7. The second kappa shape index (κ2) is 7.38. The zero-order valence-corrected chi connectivity index (χ0v) is 14.1. The van der Waals surface area contributed by atoms with E-state index >= 15 is 0 Å². The molecule has 0 atom stereocenters. The van der Waals surface area contributed by atoms with Crippen LogP contribution in [0.5, 0.6) is 0 Å². The van der Waals surface area contributed by atoms with E-state index in [-0.39, 0.29) is 11.0 Å². The number of ether oxygens (including phenoxy) is 2. The number of halogens is 1. The molecule has 2 heterocycles. The zero-order chi connectivity index (χ0) is 15.3. The Balaban J connectivity index is 2.03. The van der Waals surface area contributed by atoms with Gasteiger partial charge in [-0.3, -0.25) is 4.79 Å². The fraction of sp³-hybridized carbons (Fsp3) is 0.714. The maximum absolute atomic E-state index is 12.2. The molecule has 0 bridgehead atoms. The number of anilines is 1. The highest BCUT2D eigenvalue weighted by Gasteiger charge is 2.27. The number of nitrogens with zero attached hydrogens (tertiary/aromatic N) is 2. The summed E-state index contributed by atoms with van der Waals surface area (Å²) in [4.78, 5) is 12.2. The lowest BCUT2D eigenvalue weighted by atomic mass is 9.82. The molecule has 1 saturated heterocycles. The van der Waals surface area contributed by atoms with Gasteiger partial charge in [-0.1, -0.05) is 6.92 Å². The van der Waals surface area contributed by atoms with E-state index in [1.807, 2.05) is 0 Å². The van der Waals surface area contributed by atoms with E-state index in [0.717, 1.165) is 38.3 Å². The van der Waals surface area contributed by atoms with Crippen molar-refractivity contribution in [2.45, 2.75) is 26.3 Å². The summed E-state index contributed by atoms with van der Waals surface area (Å²) < 4.78 is 12.3. The van der Waals surface area contributed by atoms with E-state index in [1.165, 1.54) is 4.68 Å². The molecule has 0 aliphatic carbocycles. The van der Waals surface area contributed by atoms with Crippen molar-refractivity contribution < 1.29 is 9.47 Å². The molecular weight excluding hydrogens is 338 g/mol. The number of hydrogen-bond donors (Lipinski definition) is 1. The van der Waals surface area contributed by atoms with Gasteiger partial charge in [0.25, 0.3) is 5.56 Å². The predicted molar refractivity (Wildman–Crippen MR) is 84.7 cm³/mol. The molecule has 2 rings (SSSR count). The highest BCUT2D eigenvalue weighted by molar-refractivity contribution is 9.10. The van der Waals surface area contributed by atoms with Gasteiger partial charge in [-0.05, 0) is 34.2 Å². The lowest BCUT2D eigenvalue weighted by Gasteiger charge is -2.34. The lowest BCUT2D eigenvalue weighted by molar-refractivity contribution is 0.0300. The summed E-state index contributed by atoms with van der Waals surface area (Å²) in [7, 11) is 1.60. The van der Waals surface area contributed by atoms with Gasteiger partial charge in [-0.25, -0.2) is 4.68 Å². The summed E-state index contributed by atoms with van der Waals surface area (Å²) >= 11 is 3.36. The first-order valence-electron chi connectivity index (χ1n) is 7.12. The van der Waals surface area contributed by atoms with E-state index < -0.39 is 0 Å². The van der Waals surface area contributed by atoms with Crippen LogP contribution >= 0.6 is 15.9 Å². The van der Waals surface area contributed by atoms with Crippen molar-refractivity contribution >= 4 is 21.6 Å². The molecule has 0 saturated carbocycles. The van der Waals surface area contributed by atoms with Crippen LogP contribution in [-0.2, 0) is 16.0 Å². The van der Waals surface area contributed by atoms with Gasteiger partial charge in [-0.2, -0.15) is 5.10 Å². The van der Waals surface area contributed by atoms with Crippen molar-refractivity contribution in [2.75, 3.05) is 38.8 Å². The monoisotopic (exact) mass is 359 g/mol. The van der Waals surface area contributed by atoms with Crippen LogP contribution in [0.1, 0.15) is 19.8 Å². The quantitative estimate of drug-likeness (QED) is 0.839. The molecule has 0 unspecified atom stereocenters. The number of hydrogen-bond acceptors (Lipinski definition) is 5. The molecule has 118 valence electrons. The van der Waals surface area contributed by atoms with E-state index in [1.54, 1.807) is 13.3 Å². The number of methoxy groups -OCH3 is 1. The lowest BCUT2D eigenvalue weighted by Crippen LogP contribution is -2.34. The minimum atomic E-state index is -0.144. The molecule has 1 aliphatic rings. The van der Waals surface area contributed by atoms with Crippen LogP contribution < -0.4 is 10.9 Å². The van der Waals surface area contributed by atoms with Crippen molar-refractivity contribution in [1.29, 1.82) is 0 Å². The second-order valence-corrected chi connectivity index (χ2v) is 6.46. The molecule has 21 heavy (non-hydrogen) atoms. The SMILES string of the molecule is COCCn1ncc(NCC2(C)CCOCC2)c(Br)c1=O. The third kappa shape index (κ3) is 4.28. The van der Waals surface area contributed by atoms with E-state index in [4.69, 9.17) is 9.47 Å². The number of aromatic nitrogens is 2. The minimum Gasteiger partial charge on any atom is -0.383 e. The summed E-state index contributed by atoms with van der Waals surface area (Å²) in [5, 5.41) is 7.51. The van der Waals surface area contributed by atoms with Crippen molar-refractivity contribution in [1.82, 2.24) is 9.78 Å². The highest BCUT2D eigenvalue weighted by Crippen LogP contribution is 2.30.